The Kier molecular flexibility index (Phi) is 4.09. The number of nitrogens with one attached hydrogen (secondary N) is 1. The molecule has 3 rings (SSSR count). The lowest BCUT2D eigenvalue weighted by atomic mass is 10.2. The minimum absolute atomic E-state index is 0.228. The Bertz CT molecular complexity index is 983. The van der Waals surface area contributed by atoms with Crippen LogP contribution in [0.1, 0.15) is 16.1 Å². The van der Waals surface area contributed by atoms with E-state index in [1.165, 1.54) is 23.7 Å². The number of aromatic amines is 1. The molecule has 0 aliphatic heterocycles. The van der Waals surface area contributed by atoms with Gasteiger partial charge in [0, 0.05) is 11.1 Å². The summed E-state index contributed by atoms with van der Waals surface area (Å²) in [6.07, 6.45) is 4.46. The van der Waals surface area contributed by atoms with E-state index in [2.05, 4.69) is 4.98 Å². The molecule has 0 unspecified atom stereocenters. The Morgan fingerprint density at radius 1 is 1.23 bits per heavy atom. The van der Waals surface area contributed by atoms with E-state index in [9.17, 15) is 9.59 Å². The second-order valence-electron chi connectivity index (χ2n) is 4.44. The third-order valence-corrected chi connectivity index (χ3v) is 4.21. The minimum Gasteiger partial charge on any atom is -0.461 e. The molecular formula is C16H10ClNO3S. The van der Waals surface area contributed by atoms with E-state index in [1.54, 1.807) is 24.3 Å². The van der Waals surface area contributed by atoms with Crippen LogP contribution in [-0.2, 0) is 0 Å². The highest BCUT2D eigenvalue weighted by Crippen LogP contribution is 2.14. The van der Waals surface area contributed by atoms with Crippen molar-refractivity contribution in [2.75, 3.05) is 0 Å². The van der Waals surface area contributed by atoms with Crippen molar-refractivity contribution in [3.8, 4) is 0 Å². The van der Waals surface area contributed by atoms with Gasteiger partial charge in [-0.15, -0.1) is 11.3 Å². The Labute approximate surface area is 134 Å². The van der Waals surface area contributed by atoms with Gasteiger partial charge in [0.15, 0.2) is 5.76 Å². The van der Waals surface area contributed by atoms with Crippen LogP contribution in [0.5, 0.6) is 0 Å². The number of benzene rings is 1. The second kappa shape index (κ2) is 6.17. The normalized spacial score (nSPS) is 12.8. The van der Waals surface area contributed by atoms with Crippen molar-refractivity contribution in [2.24, 2.45) is 0 Å². The lowest BCUT2D eigenvalue weighted by molar-refractivity contribution is 0.103. The number of ketones is 1. The van der Waals surface area contributed by atoms with Gasteiger partial charge in [0.05, 0.1) is 15.5 Å². The number of furan rings is 1. The van der Waals surface area contributed by atoms with E-state index < -0.39 is 0 Å². The van der Waals surface area contributed by atoms with Crippen molar-refractivity contribution >= 4 is 40.9 Å². The van der Waals surface area contributed by atoms with Crippen molar-refractivity contribution in [2.45, 2.75) is 0 Å². The van der Waals surface area contributed by atoms with Gasteiger partial charge in [-0.3, -0.25) is 9.59 Å². The van der Waals surface area contributed by atoms with E-state index >= 15 is 0 Å². The van der Waals surface area contributed by atoms with Crippen LogP contribution in [0.2, 0.25) is 5.02 Å². The molecule has 0 bridgehead atoms. The third-order valence-electron chi connectivity index (χ3n) is 2.90. The molecule has 2 aromatic heterocycles. The number of carbonyl (C=O) groups is 1. The number of hydrogen-bond acceptors (Lipinski definition) is 4. The molecule has 0 spiro atoms. The molecule has 22 heavy (non-hydrogen) atoms. The number of hydrogen-bond donors (Lipinski definition) is 1. The number of rotatable bonds is 3. The van der Waals surface area contributed by atoms with Gasteiger partial charge in [0.1, 0.15) is 0 Å². The highest BCUT2D eigenvalue weighted by molar-refractivity contribution is 7.07. The smallest absolute Gasteiger partial charge is 0.266 e. The Morgan fingerprint density at radius 2 is 2.05 bits per heavy atom. The van der Waals surface area contributed by atoms with E-state index in [0.717, 1.165) is 5.56 Å². The summed E-state index contributed by atoms with van der Waals surface area (Å²) in [5, 5.41) is 0.562. The van der Waals surface area contributed by atoms with E-state index in [4.69, 9.17) is 16.0 Å². The molecule has 0 amide bonds. The Hall–Kier alpha value is -2.37. The van der Waals surface area contributed by atoms with E-state index in [-0.39, 0.29) is 17.1 Å². The van der Waals surface area contributed by atoms with Crippen molar-refractivity contribution in [1.82, 2.24) is 4.98 Å². The molecule has 0 saturated heterocycles. The second-order valence-corrected chi connectivity index (χ2v) is 5.93. The average Bonchev–Trinajstić information content (AvgIpc) is 3.12. The quantitative estimate of drug-likeness (QED) is 0.748. The summed E-state index contributed by atoms with van der Waals surface area (Å²) in [5.41, 5.74) is 0.490. The lowest BCUT2D eigenvalue weighted by Gasteiger charge is -1.94. The molecule has 0 aliphatic carbocycles. The molecule has 6 heteroatoms. The standard InChI is InChI=1S/C16H10ClNO3S/c17-11-5-2-1-4-10(11)8-14-16(20)18-15(22-14)9-12(19)13-6-3-7-21-13/h1-9H,(H,18,20)/b14-8-,15-9-. The Morgan fingerprint density at radius 3 is 2.77 bits per heavy atom. The van der Waals surface area contributed by atoms with Gasteiger partial charge in [-0.1, -0.05) is 29.8 Å². The number of thiazole rings is 1. The lowest BCUT2D eigenvalue weighted by Crippen LogP contribution is -2.20. The van der Waals surface area contributed by atoms with Crippen molar-refractivity contribution in [1.29, 1.82) is 0 Å². The van der Waals surface area contributed by atoms with Crippen LogP contribution in [0.3, 0.4) is 0 Å². The summed E-state index contributed by atoms with van der Waals surface area (Å²) in [4.78, 5) is 26.5. The van der Waals surface area contributed by atoms with Crippen LogP contribution in [0.25, 0.3) is 12.2 Å². The third kappa shape index (κ3) is 3.10. The first-order valence-corrected chi connectivity index (χ1v) is 7.58. The molecule has 0 saturated carbocycles. The van der Waals surface area contributed by atoms with Gasteiger partial charge in [0.25, 0.3) is 5.56 Å². The summed E-state index contributed by atoms with van der Waals surface area (Å²) in [6.45, 7) is 0. The fourth-order valence-electron chi connectivity index (χ4n) is 1.87. The van der Waals surface area contributed by atoms with Crippen LogP contribution >= 0.6 is 22.9 Å². The van der Waals surface area contributed by atoms with Crippen LogP contribution < -0.4 is 14.8 Å². The molecule has 1 N–H and O–H groups in total. The zero-order valence-electron chi connectivity index (χ0n) is 11.2. The highest BCUT2D eigenvalue weighted by atomic mass is 35.5. The van der Waals surface area contributed by atoms with Gasteiger partial charge in [-0.05, 0) is 29.8 Å². The van der Waals surface area contributed by atoms with Crippen LogP contribution in [-0.4, -0.2) is 10.8 Å². The highest BCUT2D eigenvalue weighted by Gasteiger charge is 2.05. The number of H-pyrrole nitrogens is 1. The van der Waals surface area contributed by atoms with Crippen molar-refractivity contribution < 1.29 is 9.21 Å². The van der Waals surface area contributed by atoms with Gasteiger partial charge in [0.2, 0.25) is 5.78 Å². The zero-order valence-corrected chi connectivity index (χ0v) is 12.8. The SMILES string of the molecule is O=C(/C=c1/[nH]c(=O)/c(=C/c2ccccc2Cl)s1)c1ccco1. The maximum atomic E-state index is 11.9. The molecule has 110 valence electrons. The number of aromatic nitrogens is 1. The molecule has 0 aliphatic rings. The summed E-state index contributed by atoms with van der Waals surface area (Å²) in [7, 11) is 0. The average molecular weight is 332 g/mol. The summed E-state index contributed by atoms with van der Waals surface area (Å²) >= 11 is 7.26. The molecule has 0 radical (unpaired) electrons. The summed E-state index contributed by atoms with van der Waals surface area (Å²) in [6, 6.07) is 10.4. The molecule has 1 aromatic carbocycles. The number of halogens is 1. The van der Waals surface area contributed by atoms with E-state index in [0.29, 0.717) is 14.2 Å². The molecule has 2 heterocycles. The van der Waals surface area contributed by atoms with Gasteiger partial charge < -0.3 is 9.40 Å². The molecular weight excluding hydrogens is 322 g/mol. The van der Waals surface area contributed by atoms with Crippen molar-refractivity contribution in [3.63, 3.8) is 0 Å². The molecule has 0 atom stereocenters. The number of Topliss-reactive ketones (excluding diaryl/α,β-unsaturated/α-hetero) is 1. The minimum atomic E-state index is -0.299. The predicted molar refractivity (Wildman–Crippen MR) is 86.7 cm³/mol. The summed E-state index contributed by atoms with van der Waals surface area (Å²) in [5.74, 6) is -0.0716. The van der Waals surface area contributed by atoms with Crippen LogP contribution in [0.15, 0.2) is 51.9 Å². The predicted octanol–water partition coefficient (Wildman–Crippen LogP) is 2.18. The molecule has 0 fully saturated rings. The first-order chi connectivity index (χ1) is 10.6. The van der Waals surface area contributed by atoms with E-state index in [1.807, 2.05) is 18.2 Å². The molecule has 3 aromatic rings. The maximum absolute atomic E-state index is 11.9. The van der Waals surface area contributed by atoms with Crippen LogP contribution in [0.4, 0.5) is 0 Å². The largest absolute Gasteiger partial charge is 0.461 e. The van der Waals surface area contributed by atoms with Gasteiger partial charge in [-0.2, -0.15) is 0 Å². The Balaban J connectivity index is 2.04. The zero-order chi connectivity index (χ0) is 15.5. The topological polar surface area (TPSA) is 63.1 Å². The van der Waals surface area contributed by atoms with Gasteiger partial charge in [-0.25, -0.2) is 0 Å². The first-order valence-electron chi connectivity index (χ1n) is 6.38. The van der Waals surface area contributed by atoms with Gasteiger partial charge >= 0.3 is 0 Å². The fourth-order valence-corrected chi connectivity index (χ4v) is 2.93. The van der Waals surface area contributed by atoms with Crippen LogP contribution in [0, 0.1) is 0 Å². The molecule has 4 nitrogen and oxygen atoms in total. The first kappa shape index (κ1) is 14.6. The monoisotopic (exact) mass is 331 g/mol. The maximum Gasteiger partial charge on any atom is 0.266 e. The van der Waals surface area contributed by atoms with Crippen molar-refractivity contribution in [3.05, 3.63) is 78.6 Å². The fraction of sp³-hybridized carbons (Fsp3) is 0. The summed E-state index contributed by atoms with van der Waals surface area (Å²) < 4.78 is 5.96. The number of carbonyl (C=O) groups excluding carboxylic acids is 1.